The van der Waals surface area contributed by atoms with Gasteiger partial charge in [-0.1, -0.05) is 18.2 Å². The second kappa shape index (κ2) is 3.68. The average molecular weight is 186 g/mol. The van der Waals surface area contributed by atoms with Crippen LogP contribution in [0.5, 0.6) is 0 Å². The number of benzene rings is 1. The van der Waals surface area contributed by atoms with Crippen molar-refractivity contribution in [3.63, 3.8) is 0 Å². The molecule has 2 rings (SSSR count). The summed E-state index contributed by atoms with van der Waals surface area (Å²) in [5.41, 5.74) is 1.84. The molecule has 0 saturated heterocycles. The molecule has 1 N–H and O–H groups in total. The van der Waals surface area contributed by atoms with E-state index in [2.05, 4.69) is 6.92 Å². The van der Waals surface area contributed by atoms with Crippen molar-refractivity contribution in [2.24, 2.45) is 0 Å². The van der Waals surface area contributed by atoms with Crippen molar-refractivity contribution in [1.82, 2.24) is 4.57 Å². The summed E-state index contributed by atoms with van der Waals surface area (Å²) in [5.74, 6) is 0. The van der Waals surface area contributed by atoms with Crippen molar-refractivity contribution < 1.29 is 5.11 Å². The second-order valence-electron chi connectivity index (χ2n) is 3.15. The Bertz CT molecular complexity index is 403. The van der Waals surface area contributed by atoms with Gasteiger partial charge in [-0.05, 0) is 31.2 Å². The lowest BCUT2D eigenvalue weighted by Gasteiger charge is -2.10. The topological polar surface area (TPSA) is 25.2 Å². The summed E-state index contributed by atoms with van der Waals surface area (Å²) >= 11 is 0. The molecule has 0 bridgehead atoms. The third kappa shape index (κ3) is 1.56. The van der Waals surface area contributed by atoms with Crippen LogP contribution in [0.3, 0.4) is 0 Å². The minimum atomic E-state index is -0.690. The van der Waals surface area contributed by atoms with E-state index in [1.807, 2.05) is 53.2 Å². The van der Waals surface area contributed by atoms with Gasteiger partial charge in [0.05, 0.1) is 11.8 Å². The smallest absolute Gasteiger partial charge is 0.0944 e. The first kappa shape index (κ1) is 9.03. The number of aromatic nitrogens is 1. The van der Waals surface area contributed by atoms with Gasteiger partial charge in [0, 0.05) is 11.9 Å². The summed E-state index contributed by atoms with van der Waals surface area (Å²) < 4.78 is 1.93. The van der Waals surface area contributed by atoms with Gasteiger partial charge in [0.2, 0.25) is 0 Å². The van der Waals surface area contributed by atoms with Crippen LogP contribution in [0.4, 0.5) is 0 Å². The predicted octanol–water partition coefficient (Wildman–Crippen LogP) is 2.34. The van der Waals surface area contributed by atoms with Gasteiger partial charge in [-0.15, -0.1) is 0 Å². The van der Waals surface area contributed by atoms with E-state index in [1.54, 1.807) is 0 Å². The first-order valence-electron chi connectivity index (χ1n) is 4.53. The Morgan fingerprint density at radius 2 is 1.79 bits per heavy atom. The third-order valence-corrected chi connectivity index (χ3v) is 2.16. The molecule has 1 radical (unpaired) electrons. The van der Waals surface area contributed by atoms with Crippen molar-refractivity contribution in [3.05, 3.63) is 61.3 Å². The van der Waals surface area contributed by atoms with Gasteiger partial charge < -0.3 is 9.67 Å². The van der Waals surface area contributed by atoms with Crippen LogP contribution < -0.4 is 0 Å². The lowest BCUT2D eigenvalue weighted by molar-refractivity contribution is 0.219. The molecule has 0 aliphatic heterocycles. The van der Waals surface area contributed by atoms with E-state index in [1.165, 1.54) is 0 Å². The lowest BCUT2D eigenvalue weighted by Crippen LogP contribution is -2.01. The highest BCUT2D eigenvalue weighted by Gasteiger charge is 2.07. The summed E-state index contributed by atoms with van der Waals surface area (Å²) in [5, 5.41) is 9.42. The number of rotatable bonds is 2. The maximum atomic E-state index is 9.42. The zero-order valence-electron chi connectivity index (χ0n) is 7.80. The molecule has 2 aromatic rings. The van der Waals surface area contributed by atoms with E-state index in [-0.39, 0.29) is 0 Å². The Hall–Kier alpha value is -1.54. The minimum Gasteiger partial charge on any atom is -0.387 e. The summed E-state index contributed by atoms with van der Waals surface area (Å²) in [6.45, 7) is 3.60. The SMILES string of the molecule is [CH2]C(O)c1cccn1-c1ccccc1. The van der Waals surface area contributed by atoms with E-state index in [4.69, 9.17) is 0 Å². The van der Waals surface area contributed by atoms with Crippen LogP contribution in [0, 0.1) is 6.92 Å². The molecule has 1 aromatic heterocycles. The van der Waals surface area contributed by atoms with Crippen molar-refractivity contribution >= 4 is 0 Å². The van der Waals surface area contributed by atoms with Gasteiger partial charge >= 0.3 is 0 Å². The average Bonchev–Trinajstić information content (AvgIpc) is 2.67. The fourth-order valence-electron chi connectivity index (χ4n) is 1.49. The fraction of sp³-hybridized carbons (Fsp3) is 0.0833. The lowest BCUT2D eigenvalue weighted by atomic mass is 10.2. The normalized spacial score (nSPS) is 12.7. The van der Waals surface area contributed by atoms with Crippen molar-refractivity contribution in [3.8, 4) is 5.69 Å². The summed E-state index contributed by atoms with van der Waals surface area (Å²) in [6, 6.07) is 13.6. The molecule has 1 atom stereocenters. The molecule has 0 saturated carbocycles. The van der Waals surface area contributed by atoms with Gasteiger partial charge in [0.25, 0.3) is 0 Å². The molecule has 2 nitrogen and oxygen atoms in total. The monoisotopic (exact) mass is 186 g/mol. The van der Waals surface area contributed by atoms with Gasteiger partial charge in [-0.25, -0.2) is 0 Å². The van der Waals surface area contributed by atoms with E-state index < -0.39 is 6.10 Å². The van der Waals surface area contributed by atoms with Crippen LogP contribution in [-0.2, 0) is 0 Å². The van der Waals surface area contributed by atoms with E-state index in [9.17, 15) is 5.11 Å². The van der Waals surface area contributed by atoms with Crippen LogP contribution in [0.15, 0.2) is 48.7 Å². The summed E-state index contributed by atoms with van der Waals surface area (Å²) in [7, 11) is 0. The molecule has 0 amide bonds. The Kier molecular flexibility index (Phi) is 2.37. The molecule has 0 spiro atoms. The van der Waals surface area contributed by atoms with Crippen LogP contribution >= 0.6 is 0 Å². The molecular formula is C12H12NO. The molecular weight excluding hydrogens is 174 g/mol. The summed E-state index contributed by atoms with van der Waals surface area (Å²) in [4.78, 5) is 0. The highest BCUT2D eigenvalue weighted by molar-refractivity contribution is 5.35. The predicted molar refractivity (Wildman–Crippen MR) is 56.1 cm³/mol. The third-order valence-electron chi connectivity index (χ3n) is 2.16. The Morgan fingerprint density at radius 1 is 1.07 bits per heavy atom. The molecule has 71 valence electrons. The highest BCUT2D eigenvalue weighted by Crippen LogP contribution is 2.17. The second-order valence-corrected chi connectivity index (χ2v) is 3.15. The number of aliphatic hydroxyl groups excluding tert-OH is 1. The Morgan fingerprint density at radius 3 is 2.43 bits per heavy atom. The fourth-order valence-corrected chi connectivity index (χ4v) is 1.49. The number of aliphatic hydroxyl groups is 1. The van der Waals surface area contributed by atoms with Crippen molar-refractivity contribution in [2.45, 2.75) is 6.10 Å². The Balaban J connectivity index is 2.47. The molecule has 1 aromatic carbocycles. The maximum absolute atomic E-state index is 9.42. The van der Waals surface area contributed by atoms with Gasteiger partial charge in [-0.3, -0.25) is 0 Å². The summed E-state index contributed by atoms with van der Waals surface area (Å²) in [6.07, 6.45) is 1.23. The first-order chi connectivity index (χ1) is 6.79. The van der Waals surface area contributed by atoms with Crippen LogP contribution in [-0.4, -0.2) is 9.67 Å². The largest absolute Gasteiger partial charge is 0.387 e. The number of hydrogen-bond donors (Lipinski definition) is 1. The number of nitrogens with zero attached hydrogens (tertiary/aromatic N) is 1. The first-order valence-corrected chi connectivity index (χ1v) is 4.53. The molecule has 1 unspecified atom stereocenters. The minimum absolute atomic E-state index is 0.690. The zero-order valence-corrected chi connectivity index (χ0v) is 7.80. The van der Waals surface area contributed by atoms with Crippen LogP contribution in [0.25, 0.3) is 5.69 Å². The van der Waals surface area contributed by atoms with Crippen LogP contribution in [0.2, 0.25) is 0 Å². The number of hydrogen-bond acceptors (Lipinski definition) is 1. The van der Waals surface area contributed by atoms with Gasteiger partial charge in [0.15, 0.2) is 0 Å². The molecule has 0 fully saturated rings. The van der Waals surface area contributed by atoms with Crippen LogP contribution in [0.1, 0.15) is 11.8 Å². The molecule has 0 aliphatic rings. The highest BCUT2D eigenvalue weighted by atomic mass is 16.3. The standard InChI is InChI=1S/C12H12NO/c1-10(14)12-8-5-9-13(12)11-6-3-2-4-7-11/h2-10,14H,1H2. The number of para-hydroxylation sites is 1. The van der Waals surface area contributed by atoms with Crippen molar-refractivity contribution in [1.29, 1.82) is 0 Å². The van der Waals surface area contributed by atoms with E-state index in [0.717, 1.165) is 11.4 Å². The Labute approximate surface area is 83.4 Å². The molecule has 14 heavy (non-hydrogen) atoms. The van der Waals surface area contributed by atoms with E-state index >= 15 is 0 Å². The quantitative estimate of drug-likeness (QED) is 0.765. The molecule has 1 heterocycles. The molecule has 2 heteroatoms. The zero-order chi connectivity index (χ0) is 9.97. The van der Waals surface area contributed by atoms with Crippen molar-refractivity contribution in [2.75, 3.05) is 0 Å². The molecule has 0 aliphatic carbocycles. The van der Waals surface area contributed by atoms with E-state index in [0.29, 0.717) is 0 Å². The van der Waals surface area contributed by atoms with Gasteiger partial charge in [0.1, 0.15) is 0 Å². The maximum Gasteiger partial charge on any atom is 0.0944 e. The van der Waals surface area contributed by atoms with Gasteiger partial charge in [-0.2, -0.15) is 0 Å².